The predicted molar refractivity (Wildman–Crippen MR) is 110 cm³/mol. The Morgan fingerprint density at radius 2 is 1.88 bits per heavy atom. The zero-order chi connectivity index (χ0) is 19.3. The number of rotatable bonds is 10. The first-order valence-electron chi connectivity index (χ1n) is 9.20. The molecule has 1 atom stereocenters. The Labute approximate surface area is 158 Å². The number of nitrogens with zero attached hydrogens (tertiary/aromatic N) is 1. The Balaban J connectivity index is 4.56. The summed E-state index contributed by atoms with van der Waals surface area (Å²) in [6, 6.07) is -0.0678. The van der Waals surface area contributed by atoms with E-state index in [1.165, 1.54) is 12.2 Å². The Morgan fingerprint density at radius 3 is 2.40 bits per heavy atom. The Hall–Kier alpha value is -1.11. The van der Waals surface area contributed by atoms with Crippen LogP contribution >= 0.6 is 11.8 Å². The van der Waals surface area contributed by atoms with Gasteiger partial charge in [-0.3, -0.25) is 4.99 Å². The number of carbonyl (C=O) groups excluding carboxylic acids is 1. The number of nitrogens with one attached hydrogen (secondary N) is 3. The summed E-state index contributed by atoms with van der Waals surface area (Å²) in [6.07, 6.45) is 4.05. The van der Waals surface area contributed by atoms with E-state index in [0.717, 1.165) is 25.5 Å². The molecule has 148 valence electrons. The molecule has 0 bridgehead atoms. The SMILES string of the molecule is CCNC(=NCC(NC(=O)OC(C)(C)C)C(C)C)NCCCCSC. The highest BCUT2D eigenvalue weighted by Gasteiger charge is 2.21. The summed E-state index contributed by atoms with van der Waals surface area (Å²) in [5, 5.41) is 9.53. The summed E-state index contributed by atoms with van der Waals surface area (Å²) in [7, 11) is 0. The van der Waals surface area contributed by atoms with Gasteiger partial charge in [0.2, 0.25) is 0 Å². The number of carbonyl (C=O) groups is 1. The average Bonchev–Trinajstić information content (AvgIpc) is 2.48. The quantitative estimate of drug-likeness (QED) is 0.311. The van der Waals surface area contributed by atoms with Crippen molar-refractivity contribution in [3.05, 3.63) is 0 Å². The van der Waals surface area contributed by atoms with Crippen LogP contribution < -0.4 is 16.0 Å². The van der Waals surface area contributed by atoms with Crippen LogP contribution in [-0.2, 0) is 4.74 Å². The molecule has 1 amide bonds. The van der Waals surface area contributed by atoms with Gasteiger partial charge in [0.1, 0.15) is 5.60 Å². The lowest BCUT2D eigenvalue weighted by Crippen LogP contribution is -2.45. The van der Waals surface area contributed by atoms with Crippen LogP contribution in [0.25, 0.3) is 0 Å². The molecule has 0 saturated carbocycles. The highest BCUT2D eigenvalue weighted by molar-refractivity contribution is 7.98. The minimum Gasteiger partial charge on any atom is -0.444 e. The van der Waals surface area contributed by atoms with Crippen LogP contribution in [0, 0.1) is 5.92 Å². The van der Waals surface area contributed by atoms with Gasteiger partial charge in [-0.25, -0.2) is 4.79 Å². The second kappa shape index (κ2) is 13.1. The Morgan fingerprint density at radius 1 is 1.20 bits per heavy atom. The number of unbranched alkanes of at least 4 members (excludes halogenated alkanes) is 1. The molecule has 0 aliphatic rings. The lowest BCUT2D eigenvalue weighted by atomic mass is 10.1. The van der Waals surface area contributed by atoms with Gasteiger partial charge in [0.25, 0.3) is 0 Å². The number of ether oxygens (including phenoxy) is 1. The van der Waals surface area contributed by atoms with Gasteiger partial charge in [0, 0.05) is 13.1 Å². The van der Waals surface area contributed by atoms with E-state index in [4.69, 9.17) is 4.74 Å². The first-order chi connectivity index (χ1) is 11.7. The molecule has 0 spiro atoms. The van der Waals surface area contributed by atoms with Gasteiger partial charge in [-0.2, -0.15) is 11.8 Å². The maximum Gasteiger partial charge on any atom is 0.407 e. The van der Waals surface area contributed by atoms with Gasteiger partial charge < -0.3 is 20.7 Å². The van der Waals surface area contributed by atoms with Gasteiger partial charge in [0.05, 0.1) is 12.6 Å². The van der Waals surface area contributed by atoms with Gasteiger partial charge in [-0.15, -0.1) is 0 Å². The fraction of sp³-hybridized carbons (Fsp3) is 0.889. The summed E-state index contributed by atoms with van der Waals surface area (Å²) in [6.45, 7) is 14.0. The number of thioether (sulfide) groups is 1. The van der Waals surface area contributed by atoms with Crippen molar-refractivity contribution in [1.29, 1.82) is 0 Å². The molecule has 0 aliphatic heterocycles. The third-order valence-corrected chi connectivity index (χ3v) is 4.06. The van der Waals surface area contributed by atoms with Crippen LogP contribution in [0.15, 0.2) is 4.99 Å². The smallest absolute Gasteiger partial charge is 0.407 e. The minimum atomic E-state index is -0.498. The number of aliphatic imine (C=N–C) groups is 1. The summed E-state index contributed by atoms with van der Waals surface area (Å²) < 4.78 is 5.34. The molecule has 1 unspecified atom stereocenters. The fourth-order valence-corrected chi connectivity index (χ4v) is 2.48. The van der Waals surface area contributed by atoms with Crippen molar-refractivity contribution in [2.45, 2.75) is 66.0 Å². The maximum atomic E-state index is 12.0. The molecule has 0 aromatic heterocycles. The molecular formula is C18H38N4O2S. The van der Waals surface area contributed by atoms with E-state index < -0.39 is 11.7 Å². The number of amides is 1. The van der Waals surface area contributed by atoms with Gasteiger partial charge in [-0.05, 0) is 58.5 Å². The number of alkyl carbamates (subject to hydrolysis) is 1. The number of hydrogen-bond donors (Lipinski definition) is 3. The second-order valence-electron chi connectivity index (χ2n) is 7.34. The van der Waals surface area contributed by atoms with Crippen LogP contribution in [-0.4, -0.2) is 55.3 Å². The zero-order valence-electron chi connectivity index (χ0n) is 17.1. The van der Waals surface area contributed by atoms with Gasteiger partial charge in [0.15, 0.2) is 5.96 Å². The molecule has 0 aromatic carbocycles. The van der Waals surface area contributed by atoms with Crippen molar-refractivity contribution in [3.63, 3.8) is 0 Å². The van der Waals surface area contributed by atoms with E-state index in [1.807, 2.05) is 39.5 Å². The number of hydrogen-bond acceptors (Lipinski definition) is 4. The van der Waals surface area contributed by atoms with Crippen LogP contribution in [0.1, 0.15) is 54.4 Å². The third kappa shape index (κ3) is 13.8. The van der Waals surface area contributed by atoms with Crippen LogP contribution in [0.2, 0.25) is 0 Å². The molecule has 0 aromatic rings. The topological polar surface area (TPSA) is 74.8 Å². The third-order valence-electron chi connectivity index (χ3n) is 3.36. The Bertz CT molecular complexity index is 395. The summed E-state index contributed by atoms with van der Waals surface area (Å²) in [5.41, 5.74) is -0.498. The molecule has 0 heterocycles. The van der Waals surface area contributed by atoms with Gasteiger partial charge in [-0.1, -0.05) is 13.8 Å². The monoisotopic (exact) mass is 374 g/mol. The predicted octanol–water partition coefficient (Wildman–Crippen LogP) is 3.23. The molecule has 3 N–H and O–H groups in total. The molecule has 0 fully saturated rings. The largest absolute Gasteiger partial charge is 0.444 e. The molecular weight excluding hydrogens is 336 g/mol. The van der Waals surface area contributed by atoms with E-state index >= 15 is 0 Å². The van der Waals surface area contributed by atoms with Crippen LogP contribution in [0.4, 0.5) is 4.79 Å². The van der Waals surface area contributed by atoms with E-state index in [2.05, 4.69) is 41.0 Å². The zero-order valence-corrected chi connectivity index (χ0v) is 17.9. The minimum absolute atomic E-state index is 0.0678. The lowest BCUT2D eigenvalue weighted by Gasteiger charge is -2.25. The molecule has 6 nitrogen and oxygen atoms in total. The highest BCUT2D eigenvalue weighted by Crippen LogP contribution is 2.09. The van der Waals surface area contributed by atoms with E-state index in [0.29, 0.717) is 6.54 Å². The lowest BCUT2D eigenvalue weighted by molar-refractivity contribution is 0.0493. The van der Waals surface area contributed by atoms with Crippen LogP contribution in [0.5, 0.6) is 0 Å². The summed E-state index contributed by atoms with van der Waals surface area (Å²) in [4.78, 5) is 16.6. The van der Waals surface area contributed by atoms with Crippen molar-refractivity contribution in [3.8, 4) is 0 Å². The van der Waals surface area contributed by atoms with Crippen molar-refractivity contribution in [2.75, 3.05) is 31.6 Å². The second-order valence-corrected chi connectivity index (χ2v) is 8.33. The van der Waals surface area contributed by atoms with Crippen molar-refractivity contribution in [1.82, 2.24) is 16.0 Å². The maximum absolute atomic E-state index is 12.0. The van der Waals surface area contributed by atoms with E-state index in [9.17, 15) is 4.79 Å². The highest BCUT2D eigenvalue weighted by atomic mass is 32.2. The first-order valence-corrected chi connectivity index (χ1v) is 10.6. The van der Waals surface area contributed by atoms with Crippen molar-refractivity contribution < 1.29 is 9.53 Å². The average molecular weight is 375 g/mol. The number of guanidine groups is 1. The van der Waals surface area contributed by atoms with Gasteiger partial charge >= 0.3 is 6.09 Å². The normalized spacial score (nSPS) is 13.5. The molecule has 0 saturated heterocycles. The Kier molecular flexibility index (Phi) is 12.6. The summed E-state index contributed by atoms with van der Waals surface area (Å²) >= 11 is 1.87. The van der Waals surface area contributed by atoms with E-state index in [-0.39, 0.29) is 12.0 Å². The standard InChI is InChI=1S/C18H38N4O2S/c1-8-19-16(20-11-9-10-12-25-7)21-13-15(14(2)3)22-17(23)24-18(4,5)6/h14-15H,8-13H2,1-7H3,(H,22,23)(H2,19,20,21). The fourth-order valence-electron chi connectivity index (χ4n) is 1.99. The molecule has 7 heteroatoms. The molecule has 0 radical (unpaired) electrons. The van der Waals surface area contributed by atoms with Crippen molar-refractivity contribution >= 4 is 23.8 Å². The molecule has 25 heavy (non-hydrogen) atoms. The molecule has 0 rings (SSSR count). The summed E-state index contributed by atoms with van der Waals surface area (Å²) in [5.74, 6) is 2.24. The van der Waals surface area contributed by atoms with Crippen LogP contribution in [0.3, 0.4) is 0 Å². The first kappa shape index (κ1) is 23.9. The van der Waals surface area contributed by atoms with Crippen molar-refractivity contribution in [2.24, 2.45) is 10.9 Å². The van der Waals surface area contributed by atoms with E-state index in [1.54, 1.807) is 0 Å². The molecule has 0 aliphatic carbocycles.